The van der Waals surface area contributed by atoms with Crippen LogP contribution >= 0.6 is 35.7 Å². The van der Waals surface area contributed by atoms with Gasteiger partial charge in [-0.05, 0) is 37.1 Å². The Hall–Kier alpha value is -1.68. The van der Waals surface area contributed by atoms with Crippen LogP contribution < -0.4 is 10.6 Å². The number of aliphatic imine (C=N–C) groups is 1. The van der Waals surface area contributed by atoms with Gasteiger partial charge in [-0.1, -0.05) is 32.0 Å². The molecular formula is C24H35IN4O2S. The Bertz CT molecular complexity index is 807. The number of hydrogen-bond acceptors (Lipinski definition) is 4. The lowest BCUT2D eigenvalue weighted by atomic mass is 10.0. The van der Waals surface area contributed by atoms with Gasteiger partial charge in [-0.2, -0.15) is 0 Å². The molecule has 1 saturated heterocycles. The van der Waals surface area contributed by atoms with Gasteiger partial charge in [-0.3, -0.25) is 9.79 Å². The third-order valence-corrected chi connectivity index (χ3v) is 6.27. The Morgan fingerprint density at radius 2 is 1.94 bits per heavy atom. The second-order valence-corrected chi connectivity index (χ2v) is 9.21. The lowest BCUT2D eigenvalue weighted by molar-refractivity contribution is -0.135. The van der Waals surface area contributed by atoms with Crippen molar-refractivity contribution < 1.29 is 9.21 Å². The molecule has 1 aliphatic heterocycles. The van der Waals surface area contributed by atoms with Gasteiger partial charge in [0.1, 0.15) is 5.76 Å². The van der Waals surface area contributed by atoms with Gasteiger partial charge in [-0.25, -0.2) is 0 Å². The number of carbonyl (C=O) groups excluding carboxylic acids is 1. The van der Waals surface area contributed by atoms with E-state index in [0.717, 1.165) is 56.4 Å². The van der Waals surface area contributed by atoms with Crippen molar-refractivity contribution in [3.05, 3.63) is 54.5 Å². The summed E-state index contributed by atoms with van der Waals surface area (Å²) in [6, 6.07) is 14.6. The predicted molar refractivity (Wildman–Crippen MR) is 143 cm³/mol. The number of benzene rings is 1. The van der Waals surface area contributed by atoms with E-state index < -0.39 is 0 Å². The molecule has 176 valence electrons. The number of thioether (sulfide) groups is 1. The van der Waals surface area contributed by atoms with Gasteiger partial charge < -0.3 is 20.0 Å². The van der Waals surface area contributed by atoms with Crippen molar-refractivity contribution >= 4 is 47.6 Å². The molecule has 1 aliphatic rings. The molecule has 1 fully saturated rings. The number of nitrogens with one attached hydrogen (secondary N) is 2. The highest BCUT2D eigenvalue weighted by molar-refractivity contribution is 14.0. The molecule has 32 heavy (non-hydrogen) atoms. The van der Waals surface area contributed by atoms with E-state index in [0.29, 0.717) is 12.6 Å². The fourth-order valence-electron chi connectivity index (χ4n) is 3.54. The van der Waals surface area contributed by atoms with Crippen molar-refractivity contribution in [3.63, 3.8) is 0 Å². The summed E-state index contributed by atoms with van der Waals surface area (Å²) >= 11 is 1.83. The molecule has 1 amide bonds. The highest BCUT2D eigenvalue weighted by Crippen LogP contribution is 2.16. The molecule has 0 spiro atoms. The van der Waals surface area contributed by atoms with Gasteiger partial charge in [0.15, 0.2) is 5.96 Å². The third kappa shape index (κ3) is 9.05. The number of hydrogen-bond donors (Lipinski definition) is 2. The number of amides is 1. The Kier molecular flexibility index (Phi) is 12.0. The first-order valence-electron chi connectivity index (χ1n) is 11.2. The average Bonchev–Trinajstić information content (AvgIpc) is 3.31. The first-order chi connectivity index (χ1) is 15.1. The molecule has 8 heteroatoms. The second-order valence-electron chi connectivity index (χ2n) is 8.05. The lowest BCUT2D eigenvalue weighted by Gasteiger charge is -2.34. The molecular weight excluding hydrogens is 535 g/mol. The Morgan fingerprint density at radius 1 is 1.19 bits per heavy atom. The fourth-order valence-corrected chi connectivity index (χ4v) is 4.33. The van der Waals surface area contributed by atoms with E-state index in [1.165, 1.54) is 4.90 Å². The van der Waals surface area contributed by atoms with Crippen LogP contribution in [-0.4, -0.2) is 54.7 Å². The maximum absolute atomic E-state index is 12.2. The number of nitrogens with zero attached hydrogens (tertiary/aromatic N) is 2. The van der Waals surface area contributed by atoms with Crippen LogP contribution in [0.25, 0.3) is 0 Å². The normalized spacial score (nSPS) is 14.8. The van der Waals surface area contributed by atoms with Crippen molar-refractivity contribution in [3.8, 4) is 0 Å². The number of furan rings is 1. The van der Waals surface area contributed by atoms with E-state index >= 15 is 0 Å². The molecule has 2 heterocycles. The van der Waals surface area contributed by atoms with E-state index in [4.69, 9.17) is 9.41 Å². The summed E-state index contributed by atoms with van der Waals surface area (Å²) in [5.41, 5.74) is 0. The fraction of sp³-hybridized carbons (Fsp3) is 0.500. The highest BCUT2D eigenvalue weighted by Gasteiger charge is 2.24. The van der Waals surface area contributed by atoms with Gasteiger partial charge in [0, 0.05) is 55.2 Å². The van der Waals surface area contributed by atoms with Gasteiger partial charge in [0.25, 0.3) is 0 Å². The van der Waals surface area contributed by atoms with Gasteiger partial charge in [-0.15, -0.1) is 35.7 Å². The quantitative estimate of drug-likeness (QED) is 0.154. The summed E-state index contributed by atoms with van der Waals surface area (Å²) in [7, 11) is 0. The second kappa shape index (κ2) is 14.5. The standard InChI is InChI=1S/C24H34N4O2S.HI/c1-19(2)23(29)28-15-11-20(12-16-28)27-24(25-13-10-21-7-6-17-30-21)26-14-18-31-22-8-4-3-5-9-22;/h3-9,17,19-20H,10-16,18H2,1-2H3,(H2,25,26,27);1H. The van der Waals surface area contributed by atoms with Crippen LogP contribution in [0.1, 0.15) is 32.4 Å². The van der Waals surface area contributed by atoms with Crippen molar-refractivity contribution in [1.82, 2.24) is 15.5 Å². The molecule has 0 aliphatic carbocycles. The zero-order valence-corrected chi connectivity index (χ0v) is 22.1. The van der Waals surface area contributed by atoms with Crippen LogP contribution in [0, 0.1) is 5.92 Å². The molecule has 0 bridgehead atoms. The molecule has 0 radical (unpaired) electrons. The third-order valence-electron chi connectivity index (χ3n) is 5.26. The van der Waals surface area contributed by atoms with E-state index in [-0.39, 0.29) is 35.8 Å². The van der Waals surface area contributed by atoms with Gasteiger partial charge >= 0.3 is 0 Å². The Balaban J connectivity index is 0.00000363. The Morgan fingerprint density at radius 3 is 2.59 bits per heavy atom. The van der Waals surface area contributed by atoms with Crippen LogP contribution in [0.4, 0.5) is 0 Å². The van der Waals surface area contributed by atoms with Gasteiger partial charge in [0.2, 0.25) is 5.91 Å². The number of carbonyl (C=O) groups is 1. The molecule has 1 aromatic carbocycles. The minimum atomic E-state index is 0. The van der Waals surface area contributed by atoms with Crippen molar-refractivity contribution in [2.45, 2.75) is 44.0 Å². The zero-order valence-electron chi connectivity index (χ0n) is 19.0. The van der Waals surface area contributed by atoms with Crippen LogP contribution in [0.2, 0.25) is 0 Å². The summed E-state index contributed by atoms with van der Waals surface area (Å²) < 4.78 is 5.42. The molecule has 0 saturated carbocycles. The van der Waals surface area contributed by atoms with E-state index in [1.54, 1.807) is 6.26 Å². The molecule has 0 atom stereocenters. The monoisotopic (exact) mass is 570 g/mol. The first-order valence-corrected chi connectivity index (χ1v) is 12.1. The predicted octanol–water partition coefficient (Wildman–Crippen LogP) is 4.41. The molecule has 0 unspecified atom stereocenters. The molecule has 3 rings (SSSR count). The molecule has 6 nitrogen and oxygen atoms in total. The molecule has 2 aromatic rings. The summed E-state index contributed by atoms with van der Waals surface area (Å²) in [6.07, 6.45) is 4.36. The maximum Gasteiger partial charge on any atom is 0.225 e. The topological polar surface area (TPSA) is 69.9 Å². The van der Waals surface area contributed by atoms with Crippen molar-refractivity contribution in [2.24, 2.45) is 10.9 Å². The average molecular weight is 571 g/mol. The largest absolute Gasteiger partial charge is 0.469 e. The van der Waals surface area contributed by atoms with Crippen LogP contribution in [-0.2, 0) is 11.2 Å². The number of halogens is 1. The van der Waals surface area contributed by atoms with Crippen molar-refractivity contribution in [2.75, 3.05) is 31.9 Å². The smallest absolute Gasteiger partial charge is 0.225 e. The SMILES string of the molecule is CC(C)C(=O)N1CCC(NC(=NCCc2ccco2)NCCSc2ccccc2)CC1.I. The number of guanidine groups is 1. The molecule has 2 N–H and O–H groups in total. The van der Waals surface area contributed by atoms with Crippen molar-refractivity contribution in [1.29, 1.82) is 0 Å². The number of rotatable bonds is 9. The van der Waals surface area contributed by atoms with Crippen LogP contribution in [0.3, 0.4) is 0 Å². The number of likely N-dealkylation sites (tertiary alicyclic amines) is 1. The van der Waals surface area contributed by atoms with E-state index in [9.17, 15) is 4.79 Å². The highest BCUT2D eigenvalue weighted by atomic mass is 127. The number of piperidine rings is 1. The first kappa shape index (κ1) is 26.6. The zero-order chi connectivity index (χ0) is 21.9. The van der Waals surface area contributed by atoms with Gasteiger partial charge in [0.05, 0.1) is 6.26 Å². The van der Waals surface area contributed by atoms with E-state index in [2.05, 4.69) is 34.9 Å². The van der Waals surface area contributed by atoms with Crippen LogP contribution in [0.15, 0.2) is 63.0 Å². The molecule has 1 aromatic heterocycles. The maximum atomic E-state index is 12.2. The Labute approximate surface area is 213 Å². The minimum absolute atomic E-state index is 0. The summed E-state index contributed by atoms with van der Waals surface area (Å²) in [5.74, 6) is 3.07. The summed E-state index contributed by atoms with van der Waals surface area (Å²) in [5, 5.41) is 7.06. The summed E-state index contributed by atoms with van der Waals surface area (Å²) in [6.45, 7) is 7.04. The summed E-state index contributed by atoms with van der Waals surface area (Å²) in [4.78, 5) is 20.3. The van der Waals surface area contributed by atoms with E-state index in [1.807, 2.05) is 48.7 Å². The minimum Gasteiger partial charge on any atom is -0.469 e. The van der Waals surface area contributed by atoms with Crippen LogP contribution in [0.5, 0.6) is 0 Å². The lowest BCUT2D eigenvalue weighted by Crippen LogP contribution is -2.50.